The van der Waals surface area contributed by atoms with Gasteiger partial charge in [-0.25, -0.2) is 0 Å². The Labute approximate surface area is 190 Å². The lowest BCUT2D eigenvalue weighted by Gasteiger charge is -2.19. The van der Waals surface area contributed by atoms with Crippen molar-refractivity contribution in [1.29, 1.82) is 0 Å². The maximum absolute atomic E-state index is 13.3. The van der Waals surface area contributed by atoms with Crippen molar-refractivity contribution < 1.29 is 15.0 Å². The Morgan fingerprint density at radius 2 is 1.75 bits per heavy atom. The minimum absolute atomic E-state index is 0.0432. The van der Waals surface area contributed by atoms with Crippen molar-refractivity contribution in [3.05, 3.63) is 83.4 Å². The first-order valence-electron chi connectivity index (χ1n) is 11.0. The summed E-state index contributed by atoms with van der Waals surface area (Å²) in [7, 11) is 0. The molecular formula is C28H31NO3. The number of aromatic hydroxyl groups is 2. The zero-order valence-corrected chi connectivity index (χ0v) is 19.0. The van der Waals surface area contributed by atoms with E-state index in [-0.39, 0.29) is 22.6 Å². The first-order valence-corrected chi connectivity index (χ1v) is 11.0. The quantitative estimate of drug-likeness (QED) is 0.335. The van der Waals surface area contributed by atoms with Crippen LogP contribution in [-0.4, -0.2) is 16.1 Å². The molecule has 3 N–H and O–H groups in total. The number of nitrogens with one attached hydrogen (secondary N) is 1. The molecule has 4 heteroatoms. The number of carbonyl (C=O) groups excluding carboxylic acids is 1. The number of phenols is 2. The number of benzene rings is 3. The number of phenolic OH excluding ortho intramolecular Hbond substituents is 2. The van der Waals surface area contributed by atoms with E-state index in [1.165, 1.54) is 0 Å². The van der Waals surface area contributed by atoms with Crippen molar-refractivity contribution in [2.45, 2.75) is 46.5 Å². The molecule has 3 rings (SSSR count). The van der Waals surface area contributed by atoms with Crippen molar-refractivity contribution in [2.24, 2.45) is 0 Å². The van der Waals surface area contributed by atoms with Crippen molar-refractivity contribution in [1.82, 2.24) is 0 Å². The molecule has 0 fully saturated rings. The number of amides is 1. The third-order valence-electron chi connectivity index (χ3n) is 5.57. The van der Waals surface area contributed by atoms with Crippen molar-refractivity contribution in [3.8, 4) is 22.6 Å². The molecule has 0 saturated carbocycles. The van der Waals surface area contributed by atoms with E-state index in [1.807, 2.05) is 50.2 Å². The highest BCUT2D eigenvalue weighted by molar-refractivity contribution is 6.09. The van der Waals surface area contributed by atoms with Gasteiger partial charge in [-0.3, -0.25) is 4.79 Å². The number of anilines is 1. The maximum Gasteiger partial charge on any atom is 0.259 e. The molecule has 0 aromatic heterocycles. The number of hydrogen-bond acceptors (Lipinski definition) is 3. The fraction of sp³-hybridized carbons (Fsp3) is 0.250. The van der Waals surface area contributed by atoms with Crippen LogP contribution in [0.15, 0.2) is 61.2 Å². The summed E-state index contributed by atoms with van der Waals surface area (Å²) in [6, 6.07) is 16.5. The number of hydrogen-bond donors (Lipinski definition) is 3. The molecule has 166 valence electrons. The SMILES string of the molecule is C=C(C)c1ccc(C)cc1-c1c(O)cc(CCCCC)c(C(=O)Nc2ccccc2)c1O. The van der Waals surface area contributed by atoms with Gasteiger partial charge in [0.05, 0.1) is 11.1 Å². The molecule has 0 bridgehead atoms. The number of carbonyl (C=O) groups is 1. The Bertz CT molecular complexity index is 1130. The molecule has 0 heterocycles. The number of allylic oxidation sites excluding steroid dienone is 1. The largest absolute Gasteiger partial charge is 0.507 e. The summed E-state index contributed by atoms with van der Waals surface area (Å²) < 4.78 is 0. The van der Waals surface area contributed by atoms with Crippen LogP contribution in [-0.2, 0) is 6.42 Å². The van der Waals surface area contributed by atoms with E-state index >= 15 is 0 Å². The second kappa shape index (κ2) is 10.2. The number of para-hydroxylation sites is 1. The minimum Gasteiger partial charge on any atom is -0.507 e. The fourth-order valence-corrected chi connectivity index (χ4v) is 3.94. The zero-order valence-electron chi connectivity index (χ0n) is 19.0. The Hall–Kier alpha value is -3.53. The van der Waals surface area contributed by atoms with Gasteiger partial charge in [0.25, 0.3) is 5.91 Å². The first-order chi connectivity index (χ1) is 15.3. The van der Waals surface area contributed by atoms with E-state index < -0.39 is 5.91 Å². The molecule has 0 aliphatic rings. The lowest BCUT2D eigenvalue weighted by Crippen LogP contribution is -2.15. The van der Waals surface area contributed by atoms with Gasteiger partial charge in [-0.2, -0.15) is 0 Å². The highest BCUT2D eigenvalue weighted by Gasteiger charge is 2.25. The minimum atomic E-state index is -0.397. The highest BCUT2D eigenvalue weighted by Crippen LogP contribution is 2.44. The zero-order chi connectivity index (χ0) is 23.3. The summed E-state index contributed by atoms with van der Waals surface area (Å²) in [5, 5.41) is 25.2. The molecule has 0 spiro atoms. The van der Waals surface area contributed by atoms with Crippen molar-refractivity contribution in [2.75, 3.05) is 5.32 Å². The van der Waals surface area contributed by atoms with Gasteiger partial charge < -0.3 is 15.5 Å². The molecule has 4 nitrogen and oxygen atoms in total. The van der Waals surface area contributed by atoms with Crippen LogP contribution in [0.2, 0.25) is 0 Å². The van der Waals surface area contributed by atoms with Gasteiger partial charge in [0, 0.05) is 5.69 Å². The van der Waals surface area contributed by atoms with Crippen LogP contribution in [0.3, 0.4) is 0 Å². The molecule has 3 aromatic carbocycles. The van der Waals surface area contributed by atoms with Crippen LogP contribution in [0.1, 0.15) is 60.2 Å². The molecule has 32 heavy (non-hydrogen) atoms. The van der Waals surface area contributed by atoms with Gasteiger partial charge in [-0.1, -0.05) is 73.9 Å². The summed E-state index contributed by atoms with van der Waals surface area (Å²) in [6.45, 7) is 9.97. The molecule has 3 aromatic rings. The summed E-state index contributed by atoms with van der Waals surface area (Å²) >= 11 is 0. The predicted octanol–water partition coefficient (Wildman–Crippen LogP) is 7.09. The Morgan fingerprint density at radius 1 is 1.03 bits per heavy atom. The summed E-state index contributed by atoms with van der Waals surface area (Å²) in [6.07, 6.45) is 3.49. The molecule has 0 aliphatic heterocycles. The molecule has 0 unspecified atom stereocenters. The Balaban J connectivity index is 2.19. The lowest BCUT2D eigenvalue weighted by molar-refractivity contribution is 0.102. The number of rotatable bonds is 8. The van der Waals surface area contributed by atoms with Gasteiger partial charge in [0.15, 0.2) is 0 Å². The van der Waals surface area contributed by atoms with Crippen molar-refractivity contribution in [3.63, 3.8) is 0 Å². The average Bonchev–Trinajstić information content (AvgIpc) is 2.74. The van der Waals surface area contributed by atoms with E-state index in [4.69, 9.17) is 0 Å². The molecule has 0 radical (unpaired) electrons. The summed E-state index contributed by atoms with van der Waals surface area (Å²) in [4.78, 5) is 13.3. The molecular weight excluding hydrogens is 398 g/mol. The monoisotopic (exact) mass is 429 g/mol. The van der Waals surface area contributed by atoms with Crippen LogP contribution >= 0.6 is 0 Å². The molecule has 1 amide bonds. The van der Waals surface area contributed by atoms with E-state index in [0.29, 0.717) is 23.2 Å². The first kappa shape index (κ1) is 23.1. The second-order valence-electron chi connectivity index (χ2n) is 8.26. The summed E-state index contributed by atoms with van der Waals surface area (Å²) in [5.74, 6) is -0.651. The topological polar surface area (TPSA) is 69.6 Å². The third kappa shape index (κ3) is 5.02. The molecule has 0 atom stereocenters. The number of aryl methyl sites for hydroxylation is 2. The van der Waals surface area contributed by atoms with Crippen LogP contribution < -0.4 is 5.32 Å². The lowest BCUT2D eigenvalue weighted by atomic mass is 9.89. The standard InChI is InChI=1S/C28H31NO3/c1-5-6-8-11-20-17-24(30)26(23-16-19(4)14-15-22(23)18(2)3)27(31)25(20)28(32)29-21-12-9-7-10-13-21/h7,9-10,12-17,30-31H,2,5-6,8,11H2,1,3-4H3,(H,29,32). The van der Waals surface area contributed by atoms with Gasteiger partial charge >= 0.3 is 0 Å². The van der Waals surface area contributed by atoms with Crippen LogP contribution in [0.4, 0.5) is 5.69 Å². The van der Waals surface area contributed by atoms with E-state index in [1.54, 1.807) is 18.2 Å². The van der Waals surface area contributed by atoms with Crippen LogP contribution in [0, 0.1) is 6.92 Å². The van der Waals surface area contributed by atoms with Gasteiger partial charge in [0.2, 0.25) is 0 Å². The van der Waals surface area contributed by atoms with E-state index in [2.05, 4.69) is 18.8 Å². The van der Waals surface area contributed by atoms with E-state index in [0.717, 1.165) is 36.0 Å². The van der Waals surface area contributed by atoms with Gasteiger partial charge in [-0.15, -0.1) is 0 Å². The maximum atomic E-state index is 13.3. The second-order valence-corrected chi connectivity index (χ2v) is 8.26. The third-order valence-corrected chi connectivity index (χ3v) is 5.57. The molecule has 0 saturated heterocycles. The van der Waals surface area contributed by atoms with Gasteiger partial charge in [0.1, 0.15) is 11.5 Å². The fourth-order valence-electron chi connectivity index (χ4n) is 3.94. The normalized spacial score (nSPS) is 10.7. The van der Waals surface area contributed by atoms with E-state index in [9.17, 15) is 15.0 Å². The number of unbranched alkanes of at least 4 members (excludes halogenated alkanes) is 2. The average molecular weight is 430 g/mol. The predicted molar refractivity (Wildman–Crippen MR) is 132 cm³/mol. The Kier molecular flexibility index (Phi) is 7.37. The van der Waals surface area contributed by atoms with Crippen molar-refractivity contribution >= 4 is 17.2 Å². The Morgan fingerprint density at radius 3 is 2.41 bits per heavy atom. The van der Waals surface area contributed by atoms with Crippen LogP contribution in [0.25, 0.3) is 16.7 Å². The molecule has 0 aliphatic carbocycles. The summed E-state index contributed by atoms with van der Waals surface area (Å²) in [5.41, 5.74) is 4.98. The highest BCUT2D eigenvalue weighted by atomic mass is 16.3. The van der Waals surface area contributed by atoms with Gasteiger partial charge in [-0.05, 0) is 61.6 Å². The smallest absolute Gasteiger partial charge is 0.259 e. The van der Waals surface area contributed by atoms with Crippen LogP contribution in [0.5, 0.6) is 11.5 Å².